The highest BCUT2D eigenvalue weighted by Gasteiger charge is 2.24. The van der Waals surface area contributed by atoms with Crippen molar-refractivity contribution in [2.24, 2.45) is 0 Å². The average Bonchev–Trinajstić information content (AvgIpc) is 2.96. The Morgan fingerprint density at radius 2 is 1.79 bits per heavy atom. The lowest BCUT2D eigenvalue weighted by Crippen LogP contribution is -2.46. The number of ether oxygens (including phenoxy) is 1. The fourth-order valence-corrected chi connectivity index (χ4v) is 3.25. The van der Waals surface area contributed by atoms with E-state index in [2.05, 4.69) is 19.9 Å². The van der Waals surface area contributed by atoms with Gasteiger partial charge in [-0.2, -0.15) is 0 Å². The fourth-order valence-electron chi connectivity index (χ4n) is 3.25. The van der Waals surface area contributed by atoms with E-state index in [-0.39, 0.29) is 23.8 Å². The normalized spacial score (nSPS) is 16.6. The summed E-state index contributed by atoms with van der Waals surface area (Å²) in [7, 11) is 4.88. The molecule has 1 saturated heterocycles. The number of carbonyl (C=O) groups is 3. The zero-order valence-electron chi connectivity index (χ0n) is 17.8. The van der Waals surface area contributed by atoms with E-state index >= 15 is 0 Å². The molecule has 1 unspecified atom stereocenters. The second-order valence-corrected chi connectivity index (χ2v) is 7.54. The summed E-state index contributed by atoms with van der Waals surface area (Å²) in [6.45, 7) is 5.95. The van der Waals surface area contributed by atoms with Crippen molar-refractivity contribution >= 4 is 17.8 Å². The quantitative estimate of drug-likeness (QED) is 0.670. The largest absolute Gasteiger partial charge is 0.465 e. The zero-order valence-corrected chi connectivity index (χ0v) is 17.8. The Hall–Kier alpha value is -2.45. The first-order chi connectivity index (χ1) is 13.8. The van der Waals surface area contributed by atoms with Crippen LogP contribution in [0.25, 0.3) is 0 Å². The van der Waals surface area contributed by atoms with E-state index in [1.54, 1.807) is 31.1 Å². The molecular weight excluding hydrogens is 372 g/mol. The molecule has 0 aliphatic carbocycles. The number of rotatable bonds is 7. The second kappa shape index (κ2) is 10.9. The summed E-state index contributed by atoms with van der Waals surface area (Å²) < 4.78 is 4.68. The third-order valence-corrected chi connectivity index (χ3v) is 5.25. The molecule has 8 nitrogen and oxygen atoms in total. The summed E-state index contributed by atoms with van der Waals surface area (Å²) in [6, 6.07) is 6.75. The van der Waals surface area contributed by atoms with Crippen molar-refractivity contribution in [2.45, 2.75) is 25.9 Å². The third kappa shape index (κ3) is 6.83. The van der Waals surface area contributed by atoms with E-state index in [9.17, 15) is 14.4 Å². The number of carbonyl (C=O) groups excluding carboxylic acids is 3. The first-order valence-corrected chi connectivity index (χ1v) is 9.93. The van der Waals surface area contributed by atoms with Crippen LogP contribution < -0.4 is 5.32 Å². The van der Waals surface area contributed by atoms with Crippen LogP contribution in [0.1, 0.15) is 29.3 Å². The molecule has 1 heterocycles. The van der Waals surface area contributed by atoms with E-state index in [0.29, 0.717) is 18.7 Å². The minimum atomic E-state index is -0.378. The van der Waals surface area contributed by atoms with Crippen LogP contribution in [0.5, 0.6) is 0 Å². The van der Waals surface area contributed by atoms with Crippen molar-refractivity contribution in [1.29, 1.82) is 0 Å². The molecule has 1 aliphatic heterocycles. The van der Waals surface area contributed by atoms with Gasteiger partial charge in [-0.3, -0.25) is 19.4 Å². The average molecular weight is 405 g/mol. The molecule has 2 amide bonds. The van der Waals surface area contributed by atoms with Gasteiger partial charge in [0.25, 0.3) is 0 Å². The maximum atomic E-state index is 12.6. The molecule has 8 heteroatoms. The van der Waals surface area contributed by atoms with Gasteiger partial charge in [0, 0.05) is 40.3 Å². The molecule has 0 spiro atoms. The molecule has 0 aromatic heterocycles. The van der Waals surface area contributed by atoms with E-state index in [4.69, 9.17) is 0 Å². The predicted octanol–water partition coefficient (Wildman–Crippen LogP) is 0.574. The molecule has 0 bridgehead atoms. The molecule has 1 aliphatic rings. The van der Waals surface area contributed by atoms with Crippen LogP contribution in [-0.2, 0) is 20.9 Å². The van der Waals surface area contributed by atoms with Gasteiger partial charge < -0.3 is 15.0 Å². The Morgan fingerprint density at radius 1 is 1.10 bits per heavy atom. The predicted molar refractivity (Wildman–Crippen MR) is 110 cm³/mol. The van der Waals surface area contributed by atoms with Crippen molar-refractivity contribution in [1.82, 2.24) is 20.0 Å². The summed E-state index contributed by atoms with van der Waals surface area (Å²) in [5.74, 6) is -0.306. The van der Waals surface area contributed by atoms with Gasteiger partial charge >= 0.3 is 5.97 Å². The minimum absolute atomic E-state index is 0.0279. The zero-order chi connectivity index (χ0) is 21.4. The summed E-state index contributed by atoms with van der Waals surface area (Å²) in [5.41, 5.74) is 1.40. The van der Waals surface area contributed by atoms with Gasteiger partial charge in [-0.15, -0.1) is 0 Å². The third-order valence-electron chi connectivity index (χ3n) is 5.25. The monoisotopic (exact) mass is 404 g/mol. The topological polar surface area (TPSA) is 82.2 Å². The Morgan fingerprint density at radius 3 is 2.41 bits per heavy atom. The SMILES string of the molecule is COC(=O)c1ccc(CNC(=O)C(C)N2CCCN(CC(=O)N(C)C)CC2)cc1. The Labute approximate surface area is 172 Å². The first-order valence-electron chi connectivity index (χ1n) is 9.93. The van der Waals surface area contributed by atoms with Crippen LogP contribution in [0.3, 0.4) is 0 Å². The van der Waals surface area contributed by atoms with Gasteiger partial charge in [0.2, 0.25) is 11.8 Å². The van der Waals surface area contributed by atoms with E-state index in [1.165, 1.54) is 7.11 Å². The number of nitrogens with one attached hydrogen (secondary N) is 1. The number of methoxy groups -OCH3 is 1. The standard InChI is InChI=1S/C21H32N4O4/c1-16(25-11-5-10-24(12-13-25)15-19(26)23(2)3)20(27)22-14-17-6-8-18(9-7-17)21(28)29-4/h6-9,16H,5,10-15H2,1-4H3,(H,22,27). The van der Waals surface area contributed by atoms with Crippen LogP contribution in [0, 0.1) is 0 Å². The molecule has 2 rings (SSSR count). The molecule has 160 valence electrons. The van der Waals surface area contributed by atoms with Crippen LogP contribution in [0.15, 0.2) is 24.3 Å². The Bertz CT molecular complexity index is 705. The number of nitrogens with zero attached hydrogens (tertiary/aromatic N) is 3. The molecule has 0 saturated carbocycles. The van der Waals surface area contributed by atoms with Crippen molar-refractivity contribution in [3.05, 3.63) is 35.4 Å². The number of likely N-dealkylation sites (N-methyl/N-ethyl adjacent to an activating group) is 1. The number of esters is 1. The summed E-state index contributed by atoms with van der Waals surface area (Å²) in [6.07, 6.45) is 0.924. The van der Waals surface area contributed by atoms with Crippen molar-refractivity contribution in [3.8, 4) is 0 Å². The van der Waals surface area contributed by atoms with Crippen LogP contribution >= 0.6 is 0 Å². The van der Waals surface area contributed by atoms with Crippen LogP contribution in [0.4, 0.5) is 0 Å². The van der Waals surface area contributed by atoms with Crippen LogP contribution in [-0.4, -0.2) is 92.5 Å². The van der Waals surface area contributed by atoms with E-state index in [1.807, 2.05) is 19.1 Å². The molecule has 1 aromatic rings. The smallest absolute Gasteiger partial charge is 0.337 e. The first kappa shape index (κ1) is 22.8. The van der Waals surface area contributed by atoms with Gasteiger partial charge in [-0.25, -0.2) is 4.79 Å². The molecule has 1 atom stereocenters. The van der Waals surface area contributed by atoms with Crippen molar-refractivity contribution in [2.75, 3.05) is 53.9 Å². The highest BCUT2D eigenvalue weighted by Crippen LogP contribution is 2.09. The lowest BCUT2D eigenvalue weighted by Gasteiger charge is -2.27. The maximum absolute atomic E-state index is 12.6. The minimum Gasteiger partial charge on any atom is -0.465 e. The summed E-state index contributed by atoms with van der Waals surface area (Å²) in [5, 5.41) is 2.97. The lowest BCUT2D eigenvalue weighted by molar-refractivity contribution is -0.130. The Kier molecular flexibility index (Phi) is 8.60. The van der Waals surface area contributed by atoms with Crippen molar-refractivity contribution in [3.63, 3.8) is 0 Å². The highest BCUT2D eigenvalue weighted by molar-refractivity contribution is 5.89. The van der Waals surface area contributed by atoms with Gasteiger partial charge in [0.1, 0.15) is 0 Å². The van der Waals surface area contributed by atoms with E-state index < -0.39 is 0 Å². The molecule has 1 fully saturated rings. The van der Waals surface area contributed by atoms with Crippen LogP contribution in [0.2, 0.25) is 0 Å². The molecular formula is C21H32N4O4. The fraction of sp³-hybridized carbons (Fsp3) is 0.571. The summed E-state index contributed by atoms with van der Waals surface area (Å²) in [4.78, 5) is 41.9. The number of hydrogen-bond acceptors (Lipinski definition) is 6. The molecule has 1 aromatic carbocycles. The lowest BCUT2D eigenvalue weighted by atomic mass is 10.1. The van der Waals surface area contributed by atoms with Gasteiger partial charge in [0.15, 0.2) is 0 Å². The molecule has 1 N–H and O–H groups in total. The molecule has 0 radical (unpaired) electrons. The molecule has 29 heavy (non-hydrogen) atoms. The van der Waals surface area contributed by atoms with E-state index in [0.717, 1.165) is 38.2 Å². The van der Waals surface area contributed by atoms with Crippen molar-refractivity contribution < 1.29 is 19.1 Å². The number of benzene rings is 1. The Balaban J connectivity index is 1.82. The second-order valence-electron chi connectivity index (χ2n) is 7.54. The maximum Gasteiger partial charge on any atom is 0.337 e. The van der Waals surface area contributed by atoms with Gasteiger partial charge in [0.05, 0.1) is 25.3 Å². The number of amides is 2. The summed E-state index contributed by atoms with van der Waals surface area (Å²) >= 11 is 0. The highest BCUT2D eigenvalue weighted by atomic mass is 16.5. The van der Waals surface area contributed by atoms with Gasteiger partial charge in [-0.05, 0) is 37.6 Å². The number of hydrogen-bond donors (Lipinski definition) is 1. The van der Waals surface area contributed by atoms with Gasteiger partial charge in [-0.1, -0.05) is 12.1 Å².